The highest BCUT2D eigenvalue weighted by Gasteiger charge is 2.10. The Hall–Kier alpha value is -0.930. The predicted octanol–water partition coefficient (Wildman–Crippen LogP) is 3.98. The number of unbranched alkanes of at least 4 members (excludes halogenated alkanes) is 2. The van der Waals surface area contributed by atoms with Crippen LogP contribution in [0.4, 0.5) is 0 Å². The van der Waals surface area contributed by atoms with Gasteiger partial charge in [0.15, 0.2) is 0 Å². The molecule has 0 unspecified atom stereocenters. The fraction of sp³-hybridized carbons (Fsp3) is 0.722. The number of pyridine rings is 1. The molecular formula is C18H33N3. The van der Waals surface area contributed by atoms with Crippen molar-refractivity contribution in [3.8, 4) is 0 Å². The van der Waals surface area contributed by atoms with Crippen molar-refractivity contribution in [1.29, 1.82) is 0 Å². The highest BCUT2D eigenvalue weighted by molar-refractivity contribution is 5.14. The summed E-state index contributed by atoms with van der Waals surface area (Å²) in [5, 5.41) is 3.42. The van der Waals surface area contributed by atoms with Gasteiger partial charge < -0.3 is 5.32 Å². The van der Waals surface area contributed by atoms with Crippen molar-refractivity contribution in [2.45, 2.75) is 79.1 Å². The van der Waals surface area contributed by atoms with Gasteiger partial charge in [0, 0.05) is 31.4 Å². The molecule has 1 N–H and O–H groups in total. The standard InChI is InChI=1S/C18H33N3/c1-6-7-8-11-21(16(4)5)14-18-10-9-17(13-20-18)12-19-15(2)3/h9-10,13,15-16,19H,6-8,11-12,14H2,1-5H3. The van der Waals surface area contributed by atoms with Crippen LogP contribution in [0.1, 0.15) is 65.1 Å². The first kappa shape index (κ1) is 18.1. The molecule has 120 valence electrons. The quantitative estimate of drug-likeness (QED) is 0.661. The lowest BCUT2D eigenvalue weighted by molar-refractivity contribution is 0.206. The first-order chi connectivity index (χ1) is 10.0. The summed E-state index contributed by atoms with van der Waals surface area (Å²) in [5.41, 5.74) is 2.43. The maximum atomic E-state index is 4.63. The summed E-state index contributed by atoms with van der Waals surface area (Å²) in [5.74, 6) is 0. The molecule has 0 amide bonds. The number of aromatic nitrogens is 1. The number of hydrogen-bond donors (Lipinski definition) is 1. The van der Waals surface area contributed by atoms with Crippen LogP contribution < -0.4 is 5.32 Å². The Bertz CT molecular complexity index is 371. The van der Waals surface area contributed by atoms with Crippen LogP contribution in [0.15, 0.2) is 18.3 Å². The molecule has 0 bridgehead atoms. The van der Waals surface area contributed by atoms with Gasteiger partial charge in [-0.15, -0.1) is 0 Å². The van der Waals surface area contributed by atoms with Gasteiger partial charge in [0.05, 0.1) is 5.69 Å². The topological polar surface area (TPSA) is 28.2 Å². The Balaban J connectivity index is 2.51. The van der Waals surface area contributed by atoms with E-state index >= 15 is 0 Å². The molecule has 0 radical (unpaired) electrons. The third-order valence-corrected chi connectivity index (χ3v) is 3.74. The van der Waals surface area contributed by atoms with Crippen LogP contribution in [0.25, 0.3) is 0 Å². The van der Waals surface area contributed by atoms with Crippen molar-refractivity contribution in [3.05, 3.63) is 29.6 Å². The van der Waals surface area contributed by atoms with Crippen molar-refractivity contribution in [2.75, 3.05) is 6.54 Å². The Morgan fingerprint density at radius 2 is 1.90 bits per heavy atom. The lowest BCUT2D eigenvalue weighted by Crippen LogP contribution is -2.31. The van der Waals surface area contributed by atoms with Crippen molar-refractivity contribution in [2.24, 2.45) is 0 Å². The maximum absolute atomic E-state index is 4.63. The zero-order valence-corrected chi connectivity index (χ0v) is 14.5. The lowest BCUT2D eigenvalue weighted by atomic mass is 10.2. The van der Waals surface area contributed by atoms with Gasteiger partial charge in [-0.2, -0.15) is 0 Å². The molecule has 3 heteroatoms. The first-order valence-electron chi connectivity index (χ1n) is 8.44. The van der Waals surface area contributed by atoms with E-state index in [1.54, 1.807) is 0 Å². The Morgan fingerprint density at radius 3 is 2.43 bits per heavy atom. The second kappa shape index (κ2) is 9.91. The Morgan fingerprint density at radius 1 is 1.14 bits per heavy atom. The summed E-state index contributed by atoms with van der Waals surface area (Å²) in [6, 6.07) is 5.46. The minimum absolute atomic E-state index is 0.514. The molecular weight excluding hydrogens is 258 g/mol. The molecule has 1 aromatic heterocycles. The van der Waals surface area contributed by atoms with Crippen LogP contribution >= 0.6 is 0 Å². The van der Waals surface area contributed by atoms with E-state index in [2.05, 4.69) is 62.0 Å². The summed E-state index contributed by atoms with van der Waals surface area (Å²) < 4.78 is 0. The fourth-order valence-electron chi connectivity index (χ4n) is 2.27. The summed E-state index contributed by atoms with van der Waals surface area (Å²) in [6.45, 7) is 14.2. The predicted molar refractivity (Wildman–Crippen MR) is 91.3 cm³/mol. The van der Waals surface area contributed by atoms with E-state index in [-0.39, 0.29) is 0 Å². The van der Waals surface area contributed by atoms with Gasteiger partial charge in [0.2, 0.25) is 0 Å². The van der Waals surface area contributed by atoms with Crippen LogP contribution in [0, 0.1) is 0 Å². The average Bonchev–Trinajstić information content (AvgIpc) is 2.45. The van der Waals surface area contributed by atoms with Crippen molar-refractivity contribution < 1.29 is 0 Å². The monoisotopic (exact) mass is 291 g/mol. The first-order valence-corrected chi connectivity index (χ1v) is 8.44. The number of nitrogens with one attached hydrogen (secondary N) is 1. The fourth-order valence-corrected chi connectivity index (χ4v) is 2.27. The van der Waals surface area contributed by atoms with Gasteiger partial charge in [0.25, 0.3) is 0 Å². The molecule has 0 spiro atoms. The SMILES string of the molecule is CCCCCN(Cc1ccc(CNC(C)C)cn1)C(C)C. The van der Waals surface area contributed by atoms with Gasteiger partial charge in [-0.1, -0.05) is 39.7 Å². The molecule has 0 saturated heterocycles. The van der Waals surface area contributed by atoms with E-state index in [1.807, 2.05) is 6.20 Å². The molecule has 0 saturated carbocycles. The molecule has 0 atom stereocenters. The van der Waals surface area contributed by atoms with Crippen molar-refractivity contribution in [1.82, 2.24) is 15.2 Å². The van der Waals surface area contributed by atoms with E-state index < -0.39 is 0 Å². The van der Waals surface area contributed by atoms with Crippen LogP contribution in [0.2, 0.25) is 0 Å². The maximum Gasteiger partial charge on any atom is 0.0544 e. The minimum atomic E-state index is 0.514. The Labute approximate surface area is 131 Å². The lowest BCUT2D eigenvalue weighted by Gasteiger charge is -2.26. The molecule has 0 fully saturated rings. The highest BCUT2D eigenvalue weighted by atomic mass is 15.1. The van der Waals surface area contributed by atoms with Gasteiger partial charge in [-0.25, -0.2) is 0 Å². The summed E-state index contributed by atoms with van der Waals surface area (Å²) >= 11 is 0. The highest BCUT2D eigenvalue weighted by Crippen LogP contribution is 2.09. The zero-order chi connectivity index (χ0) is 15.7. The van der Waals surface area contributed by atoms with E-state index in [1.165, 1.54) is 37.1 Å². The molecule has 1 rings (SSSR count). The smallest absolute Gasteiger partial charge is 0.0544 e. The van der Waals surface area contributed by atoms with E-state index in [4.69, 9.17) is 0 Å². The van der Waals surface area contributed by atoms with Crippen molar-refractivity contribution in [3.63, 3.8) is 0 Å². The molecule has 1 heterocycles. The molecule has 0 aliphatic carbocycles. The molecule has 3 nitrogen and oxygen atoms in total. The van der Waals surface area contributed by atoms with Crippen molar-refractivity contribution >= 4 is 0 Å². The van der Waals surface area contributed by atoms with Gasteiger partial charge in [0.1, 0.15) is 0 Å². The minimum Gasteiger partial charge on any atom is -0.310 e. The third-order valence-electron chi connectivity index (χ3n) is 3.74. The molecule has 0 aliphatic heterocycles. The van der Waals surface area contributed by atoms with Crippen LogP contribution in [0.5, 0.6) is 0 Å². The van der Waals surface area contributed by atoms with Crippen LogP contribution in [-0.4, -0.2) is 28.5 Å². The Kier molecular flexibility index (Phi) is 8.55. The number of hydrogen-bond acceptors (Lipinski definition) is 3. The van der Waals surface area contributed by atoms with E-state index in [0.29, 0.717) is 12.1 Å². The average molecular weight is 291 g/mol. The van der Waals surface area contributed by atoms with Crippen LogP contribution in [0.3, 0.4) is 0 Å². The van der Waals surface area contributed by atoms with Crippen LogP contribution in [-0.2, 0) is 13.1 Å². The normalized spacial score (nSPS) is 11.8. The van der Waals surface area contributed by atoms with E-state index in [9.17, 15) is 0 Å². The second-order valence-corrected chi connectivity index (χ2v) is 6.46. The van der Waals surface area contributed by atoms with Gasteiger partial charge >= 0.3 is 0 Å². The molecule has 21 heavy (non-hydrogen) atoms. The summed E-state index contributed by atoms with van der Waals surface area (Å²) in [4.78, 5) is 7.14. The van der Waals surface area contributed by atoms with Gasteiger partial charge in [-0.05, 0) is 38.4 Å². The second-order valence-electron chi connectivity index (χ2n) is 6.46. The molecule has 0 aliphatic rings. The number of nitrogens with zero attached hydrogens (tertiary/aromatic N) is 2. The zero-order valence-electron chi connectivity index (χ0n) is 14.5. The van der Waals surface area contributed by atoms with Gasteiger partial charge in [-0.3, -0.25) is 9.88 Å². The summed E-state index contributed by atoms with van der Waals surface area (Å²) in [6.07, 6.45) is 5.89. The third kappa shape index (κ3) is 7.58. The van der Waals surface area contributed by atoms with E-state index in [0.717, 1.165) is 13.1 Å². The largest absolute Gasteiger partial charge is 0.310 e. The molecule has 0 aromatic carbocycles. The number of rotatable bonds is 10. The summed E-state index contributed by atoms with van der Waals surface area (Å²) in [7, 11) is 0. The molecule has 1 aromatic rings.